The van der Waals surface area contributed by atoms with E-state index in [0.29, 0.717) is 54.4 Å². The predicted octanol–water partition coefficient (Wildman–Crippen LogP) is 2.93. The third-order valence-corrected chi connectivity index (χ3v) is 5.46. The van der Waals surface area contributed by atoms with Crippen molar-refractivity contribution in [2.45, 2.75) is 25.9 Å². The first-order chi connectivity index (χ1) is 15.0. The number of amides is 2. The topological polar surface area (TPSA) is 101 Å². The molecule has 4 rings (SSSR count). The molecule has 2 aliphatic rings. The van der Waals surface area contributed by atoms with E-state index in [2.05, 4.69) is 5.32 Å². The molecule has 8 nitrogen and oxygen atoms in total. The van der Waals surface area contributed by atoms with E-state index in [4.69, 9.17) is 19.5 Å². The van der Waals surface area contributed by atoms with Gasteiger partial charge in [-0.3, -0.25) is 9.59 Å². The fourth-order valence-electron chi connectivity index (χ4n) is 3.70. The maximum Gasteiger partial charge on any atom is 0.263 e. The zero-order valence-electron chi connectivity index (χ0n) is 17.2. The second-order valence-electron chi connectivity index (χ2n) is 7.55. The van der Waals surface area contributed by atoms with E-state index in [-0.39, 0.29) is 24.5 Å². The van der Waals surface area contributed by atoms with Gasteiger partial charge in [0.1, 0.15) is 5.75 Å². The maximum absolute atomic E-state index is 12.7. The number of hydrogen-bond donors (Lipinski definition) is 1. The molecule has 1 atom stereocenters. The lowest BCUT2D eigenvalue weighted by Gasteiger charge is -2.33. The Hall–Kier alpha value is -3.73. The van der Waals surface area contributed by atoms with E-state index in [0.717, 1.165) is 0 Å². The van der Waals surface area contributed by atoms with Gasteiger partial charge in [-0.05, 0) is 56.2 Å². The molecule has 8 heteroatoms. The van der Waals surface area contributed by atoms with E-state index < -0.39 is 6.10 Å². The average Bonchev–Trinajstić information content (AvgIpc) is 3.27. The zero-order valence-corrected chi connectivity index (χ0v) is 17.2. The van der Waals surface area contributed by atoms with Crippen LogP contribution in [0.15, 0.2) is 42.5 Å². The molecule has 2 heterocycles. The molecule has 0 radical (unpaired) electrons. The molecule has 160 valence electrons. The fraction of sp³-hybridized carbons (Fsp3) is 0.348. The van der Waals surface area contributed by atoms with Crippen LogP contribution in [-0.4, -0.2) is 42.7 Å². The summed E-state index contributed by atoms with van der Waals surface area (Å²) in [5.41, 5.74) is 1.20. The second-order valence-corrected chi connectivity index (χ2v) is 7.55. The van der Waals surface area contributed by atoms with E-state index in [1.165, 1.54) is 0 Å². The Kier molecular flexibility index (Phi) is 5.94. The summed E-state index contributed by atoms with van der Waals surface area (Å²) in [4.78, 5) is 27.1. The van der Waals surface area contributed by atoms with Crippen molar-refractivity contribution in [3.05, 3.63) is 48.0 Å². The van der Waals surface area contributed by atoms with Crippen LogP contribution in [0, 0.1) is 17.2 Å². The summed E-state index contributed by atoms with van der Waals surface area (Å²) >= 11 is 0. The number of fused-ring (bicyclic) bond motifs is 1. The number of benzene rings is 2. The smallest absolute Gasteiger partial charge is 0.263 e. The summed E-state index contributed by atoms with van der Waals surface area (Å²) in [5.74, 6) is 1.49. The second kappa shape index (κ2) is 8.96. The average molecular weight is 421 g/mol. The molecular formula is C23H23N3O5. The highest BCUT2D eigenvalue weighted by Crippen LogP contribution is 2.34. The third kappa shape index (κ3) is 4.72. The van der Waals surface area contributed by atoms with Gasteiger partial charge in [0, 0.05) is 30.8 Å². The van der Waals surface area contributed by atoms with Crippen LogP contribution >= 0.6 is 0 Å². The number of likely N-dealkylation sites (tertiary alicyclic amines) is 1. The number of rotatable bonds is 5. The molecule has 0 aromatic heterocycles. The van der Waals surface area contributed by atoms with Crippen molar-refractivity contribution in [2.75, 3.05) is 25.2 Å². The Balaban J connectivity index is 1.26. The molecule has 0 spiro atoms. The van der Waals surface area contributed by atoms with Gasteiger partial charge in [-0.25, -0.2) is 0 Å². The van der Waals surface area contributed by atoms with Gasteiger partial charge < -0.3 is 24.4 Å². The Bertz CT molecular complexity index is 1010. The molecule has 2 aromatic rings. The minimum Gasteiger partial charge on any atom is -0.481 e. The summed E-state index contributed by atoms with van der Waals surface area (Å²) in [6, 6.07) is 14.0. The van der Waals surface area contributed by atoms with E-state index in [9.17, 15) is 9.59 Å². The van der Waals surface area contributed by atoms with Crippen molar-refractivity contribution < 1.29 is 23.8 Å². The molecule has 0 saturated carbocycles. The standard InChI is InChI=1S/C23H23N3O5/c1-15(31-19-5-2-16(13-24)3-6-19)23(28)26-10-8-17(9-11-26)22(27)25-18-4-7-20-21(12-18)30-14-29-20/h2-7,12,15,17H,8-11,14H2,1H3,(H,25,27)/t15-/m0/s1. The maximum atomic E-state index is 12.7. The van der Waals surface area contributed by atoms with Gasteiger partial charge in [0.25, 0.3) is 5.91 Å². The van der Waals surface area contributed by atoms with Crippen molar-refractivity contribution in [3.63, 3.8) is 0 Å². The largest absolute Gasteiger partial charge is 0.481 e. The van der Waals surface area contributed by atoms with Crippen molar-refractivity contribution >= 4 is 17.5 Å². The lowest BCUT2D eigenvalue weighted by molar-refractivity contribution is -0.140. The monoisotopic (exact) mass is 421 g/mol. The number of carbonyl (C=O) groups excluding carboxylic acids is 2. The summed E-state index contributed by atoms with van der Waals surface area (Å²) < 4.78 is 16.3. The van der Waals surface area contributed by atoms with Gasteiger partial charge in [0.15, 0.2) is 17.6 Å². The van der Waals surface area contributed by atoms with Gasteiger partial charge >= 0.3 is 0 Å². The quantitative estimate of drug-likeness (QED) is 0.797. The Labute approximate surface area is 180 Å². The van der Waals surface area contributed by atoms with Gasteiger partial charge in [-0.15, -0.1) is 0 Å². The molecule has 2 amide bonds. The molecule has 1 N–H and O–H groups in total. The first-order valence-electron chi connectivity index (χ1n) is 10.2. The van der Waals surface area contributed by atoms with Crippen LogP contribution in [0.1, 0.15) is 25.3 Å². The molecule has 31 heavy (non-hydrogen) atoms. The Morgan fingerprint density at radius 1 is 1.13 bits per heavy atom. The van der Waals surface area contributed by atoms with Gasteiger partial charge in [-0.2, -0.15) is 5.26 Å². The normalized spacial score (nSPS) is 16.3. The van der Waals surface area contributed by atoms with Crippen LogP contribution in [0.25, 0.3) is 0 Å². The summed E-state index contributed by atoms with van der Waals surface area (Å²) in [7, 11) is 0. The van der Waals surface area contributed by atoms with Gasteiger partial charge in [0.05, 0.1) is 11.6 Å². The number of anilines is 1. The molecule has 0 bridgehead atoms. The number of nitrogens with one attached hydrogen (secondary N) is 1. The molecule has 0 aliphatic carbocycles. The number of hydrogen-bond acceptors (Lipinski definition) is 6. The molecule has 2 aromatic carbocycles. The van der Waals surface area contributed by atoms with Crippen LogP contribution in [-0.2, 0) is 9.59 Å². The van der Waals surface area contributed by atoms with Crippen molar-refractivity contribution in [1.82, 2.24) is 4.90 Å². The van der Waals surface area contributed by atoms with Crippen LogP contribution in [0.3, 0.4) is 0 Å². The molecule has 2 aliphatic heterocycles. The number of piperidine rings is 1. The molecule has 1 saturated heterocycles. The van der Waals surface area contributed by atoms with Crippen molar-refractivity contribution in [1.29, 1.82) is 5.26 Å². The number of nitriles is 1. The van der Waals surface area contributed by atoms with Gasteiger partial charge in [0.2, 0.25) is 12.7 Å². The van der Waals surface area contributed by atoms with Crippen LogP contribution in [0.4, 0.5) is 5.69 Å². The van der Waals surface area contributed by atoms with Crippen molar-refractivity contribution in [3.8, 4) is 23.3 Å². The SMILES string of the molecule is C[C@H](Oc1ccc(C#N)cc1)C(=O)N1CCC(C(=O)Nc2ccc3c(c2)OCO3)CC1. The van der Waals surface area contributed by atoms with Crippen LogP contribution in [0.5, 0.6) is 17.2 Å². The van der Waals surface area contributed by atoms with E-state index in [1.807, 2.05) is 6.07 Å². The molecule has 1 fully saturated rings. The van der Waals surface area contributed by atoms with E-state index >= 15 is 0 Å². The van der Waals surface area contributed by atoms with E-state index in [1.54, 1.807) is 54.3 Å². The van der Waals surface area contributed by atoms with Gasteiger partial charge in [-0.1, -0.05) is 0 Å². The fourth-order valence-corrected chi connectivity index (χ4v) is 3.70. The van der Waals surface area contributed by atoms with Crippen LogP contribution < -0.4 is 19.5 Å². The lowest BCUT2D eigenvalue weighted by atomic mass is 9.95. The zero-order chi connectivity index (χ0) is 21.8. The molecular weight excluding hydrogens is 398 g/mol. The molecule has 0 unspecified atom stereocenters. The lowest BCUT2D eigenvalue weighted by Crippen LogP contribution is -2.46. The highest BCUT2D eigenvalue weighted by molar-refractivity contribution is 5.93. The Morgan fingerprint density at radius 2 is 1.84 bits per heavy atom. The minimum atomic E-state index is -0.646. The van der Waals surface area contributed by atoms with Crippen molar-refractivity contribution in [2.24, 2.45) is 5.92 Å². The summed E-state index contributed by atoms with van der Waals surface area (Å²) in [5, 5.41) is 11.8. The number of nitrogens with zero attached hydrogens (tertiary/aromatic N) is 2. The first kappa shape index (κ1) is 20.5. The summed E-state index contributed by atoms with van der Waals surface area (Å²) in [6.45, 7) is 2.89. The minimum absolute atomic E-state index is 0.0622. The van der Waals surface area contributed by atoms with Crippen LogP contribution in [0.2, 0.25) is 0 Å². The third-order valence-electron chi connectivity index (χ3n) is 5.46. The predicted molar refractivity (Wildman–Crippen MR) is 112 cm³/mol. The first-order valence-corrected chi connectivity index (χ1v) is 10.2. The number of ether oxygens (including phenoxy) is 3. The highest BCUT2D eigenvalue weighted by Gasteiger charge is 2.30. The summed E-state index contributed by atoms with van der Waals surface area (Å²) in [6.07, 6.45) is 0.532. The number of carbonyl (C=O) groups is 2. The Morgan fingerprint density at radius 3 is 2.55 bits per heavy atom. The highest BCUT2D eigenvalue weighted by atomic mass is 16.7.